The van der Waals surface area contributed by atoms with E-state index in [1.54, 1.807) is 6.07 Å². The van der Waals surface area contributed by atoms with Crippen molar-refractivity contribution >= 4 is 21.8 Å². The third-order valence-electron chi connectivity index (χ3n) is 2.02. The van der Waals surface area contributed by atoms with Gasteiger partial charge in [0.05, 0.1) is 4.47 Å². The Labute approximate surface area is 98.7 Å². The van der Waals surface area contributed by atoms with Crippen LogP contribution in [0.25, 0.3) is 5.69 Å². The molecule has 0 spiro atoms. The summed E-state index contributed by atoms with van der Waals surface area (Å²) in [4.78, 5) is 3.73. The van der Waals surface area contributed by atoms with Crippen LogP contribution >= 0.6 is 15.9 Å². The molecule has 82 valence electrons. The van der Waals surface area contributed by atoms with Gasteiger partial charge in [0.2, 0.25) is 0 Å². The van der Waals surface area contributed by atoms with Gasteiger partial charge < -0.3 is 5.73 Å². The van der Waals surface area contributed by atoms with Gasteiger partial charge >= 0.3 is 0 Å². The van der Waals surface area contributed by atoms with Crippen LogP contribution in [-0.2, 0) is 0 Å². The molecule has 1 heterocycles. The quantitative estimate of drug-likeness (QED) is 0.647. The van der Waals surface area contributed by atoms with E-state index >= 15 is 0 Å². The Balaban J connectivity index is 2.60. The highest BCUT2D eigenvalue weighted by atomic mass is 79.9. The van der Waals surface area contributed by atoms with Crippen molar-refractivity contribution < 1.29 is 4.39 Å². The summed E-state index contributed by atoms with van der Waals surface area (Å²) in [5.74, 6) is -0.728. The van der Waals surface area contributed by atoms with E-state index < -0.39 is 5.82 Å². The number of hydrogen-bond donors (Lipinski definition) is 2. The number of nitrogens with one attached hydrogen (secondary N) is 1. The molecule has 2 aromatic rings. The topological polar surface area (TPSA) is 80.6 Å². The van der Waals surface area contributed by atoms with E-state index in [1.165, 1.54) is 23.4 Å². The largest absolute Gasteiger partial charge is 0.384 e. The number of nitrogens with two attached hydrogens (primary N) is 1. The standard InChI is InChI=1S/C9H7BrFN5/c10-7-5(9(12)13)1-2-6(8(7)11)16-4-14-3-15-16/h1-4H,(H3,12,13). The molecule has 16 heavy (non-hydrogen) atoms. The maximum absolute atomic E-state index is 13.9. The number of benzene rings is 1. The molecule has 0 fully saturated rings. The van der Waals surface area contributed by atoms with Crippen molar-refractivity contribution in [1.29, 1.82) is 5.41 Å². The molecule has 0 bridgehead atoms. The fraction of sp³-hybridized carbons (Fsp3) is 0. The second kappa shape index (κ2) is 4.01. The Morgan fingerprint density at radius 1 is 1.50 bits per heavy atom. The van der Waals surface area contributed by atoms with Crippen LogP contribution in [0.15, 0.2) is 29.3 Å². The van der Waals surface area contributed by atoms with Crippen LogP contribution in [0.1, 0.15) is 5.56 Å². The first-order valence-corrected chi connectivity index (χ1v) is 5.08. The van der Waals surface area contributed by atoms with Crippen LogP contribution in [0.4, 0.5) is 4.39 Å². The maximum Gasteiger partial charge on any atom is 0.163 e. The molecular weight excluding hydrogens is 277 g/mol. The SMILES string of the molecule is N=C(N)c1ccc(-n2cncn2)c(F)c1Br. The van der Waals surface area contributed by atoms with Gasteiger partial charge in [0.25, 0.3) is 0 Å². The van der Waals surface area contributed by atoms with E-state index in [9.17, 15) is 4.39 Å². The maximum atomic E-state index is 13.9. The Kier molecular flexibility index (Phi) is 2.69. The summed E-state index contributed by atoms with van der Waals surface area (Å²) in [7, 11) is 0. The molecule has 0 atom stereocenters. The van der Waals surface area contributed by atoms with Crippen LogP contribution in [-0.4, -0.2) is 20.6 Å². The lowest BCUT2D eigenvalue weighted by atomic mass is 10.2. The van der Waals surface area contributed by atoms with Crippen molar-refractivity contribution in [3.05, 3.63) is 40.6 Å². The predicted molar refractivity (Wildman–Crippen MR) is 60.0 cm³/mol. The Bertz CT molecular complexity index is 537. The van der Waals surface area contributed by atoms with Crippen molar-refractivity contribution in [3.63, 3.8) is 0 Å². The molecule has 5 nitrogen and oxygen atoms in total. The summed E-state index contributed by atoms with van der Waals surface area (Å²) in [6.07, 6.45) is 2.70. The molecule has 0 aliphatic carbocycles. The predicted octanol–water partition coefficient (Wildman–Crippen LogP) is 1.45. The second-order valence-corrected chi connectivity index (χ2v) is 3.81. The molecule has 0 saturated carbocycles. The Hall–Kier alpha value is -1.76. The lowest BCUT2D eigenvalue weighted by Crippen LogP contribution is -2.13. The minimum Gasteiger partial charge on any atom is -0.384 e. The van der Waals surface area contributed by atoms with Crippen LogP contribution in [0.3, 0.4) is 0 Å². The number of aromatic nitrogens is 3. The van der Waals surface area contributed by atoms with E-state index in [0.717, 1.165) is 0 Å². The summed E-state index contributed by atoms with van der Waals surface area (Å²) in [5, 5.41) is 11.1. The smallest absolute Gasteiger partial charge is 0.163 e. The number of amidine groups is 1. The monoisotopic (exact) mass is 283 g/mol. The Morgan fingerprint density at radius 3 is 2.81 bits per heavy atom. The number of rotatable bonds is 2. The minimum atomic E-state index is -0.529. The van der Waals surface area contributed by atoms with Gasteiger partial charge in [-0.2, -0.15) is 5.10 Å². The highest BCUT2D eigenvalue weighted by Gasteiger charge is 2.14. The number of halogens is 2. The molecule has 0 saturated heterocycles. The van der Waals surface area contributed by atoms with Gasteiger partial charge in [-0.25, -0.2) is 14.1 Å². The summed E-state index contributed by atoms with van der Waals surface area (Å²) in [6, 6.07) is 3.04. The average Bonchev–Trinajstić information content (AvgIpc) is 2.74. The van der Waals surface area contributed by atoms with Gasteiger partial charge in [0.1, 0.15) is 24.2 Å². The summed E-state index contributed by atoms with van der Waals surface area (Å²) >= 11 is 3.06. The molecule has 0 aliphatic heterocycles. The van der Waals surface area contributed by atoms with Gasteiger partial charge in [-0.15, -0.1) is 0 Å². The Morgan fingerprint density at radius 2 is 2.25 bits per heavy atom. The van der Waals surface area contributed by atoms with Gasteiger partial charge in [-0.05, 0) is 28.1 Å². The van der Waals surface area contributed by atoms with Crippen molar-refractivity contribution in [1.82, 2.24) is 14.8 Å². The van der Waals surface area contributed by atoms with E-state index in [1.807, 2.05) is 0 Å². The highest BCUT2D eigenvalue weighted by Crippen LogP contribution is 2.25. The van der Waals surface area contributed by atoms with E-state index in [4.69, 9.17) is 11.1 Å². The van der Waals surface area contributed by atoms with Crippen molar-refractivity contribution in [2.45, 2.75) is 0 Å². The molecule has 1 aromatic heterocycles. The first-order chi connectivity index (χ1) is 7.61. The second-order valence-electron chi connectivity index (χ2n) is 3.01. The number of nitrogen functional groups attached to an aromatic ring is 1. The van der Waals surface area contributed by atoms with Gasteiger partial charge in [-0.3, -0.25) is 5.41 Å². The first-order valence-electron chi connectivity index (χ1n) is 4.28. The molecule has 3 N–H and O–H groups in total. The summed E-state index contributed by atoms with van der Waals surface area (Å²) in [6.45, 7) is 0. The van der Waals surface area contributed by atoms with Crippen LogP contribution < -0.4 is 5.73 Å². The zero-order valence-electron chi connectivity index (χ0n) is 7.98. The van der Waals surface area contributed by atoms with Gasteiger partial charge in [-0.1, -0.05) is 0 Å². The van der Waals surface area contributed by atoms with Crippen LogP contribution in [0.5, 0.6) is 0 Å². The normalized spacial score (nSPS) is 10.4. The minimum absolute atomic E-state index is 0.146. The molecule has 0 amide bonds. The van der Waals surface area contributed by atoms with Crippen LogP contribution in [0.2, 0.25) is 0 Å². The number of nitrogens with zero attached hydrogens (tertiary/aromatic N) is 3. The summed E-state index contributed by atoms with van der Waals surface area (Å²) in [5.41, 5.74) is 5.86. The van der Waals surface area contributed by atoms with Crippen molar-refractivity contribution in [2.24, 2.45) is 5.73 Å². The first kappa shape index (κ1) is 10.7. The molecule has 2 rings (SSSR count). The van der Waals surface area contributed by atoms with Crippen LogP contribution in [0, 0.1) is 11.2 Å². The van der Waals surface area contributed by atoms with Gasteiger partial charge in [0, 0.05) is 5.56 Å². The molecule has 0 radical (unpaired) electrons. The zero-order chi connectivity index (χ0) is 11.7. The van der Waals surface area contributed by atoms with Crippen molar-refractivity contribution in [2.75, 3.05) is 0 Å². The lowest BCUT2D eigenvalue weighted by Gasteiger charge is -2.07. The molecule has 0 aliphatic rings. The van der Waals surface area contributed by atoms with E-state index in [0.29, 0.717) is 5.56 Å². The summed E-state index contributed by atoms with van der Waals surface area (Å²) < 4.78 is 15.3. The fourth-order valence-electron chi connectivity index (χ4n) is 1.26. The lowest BCUT2D eigenvalue weighted by molar-refractivity contribution is 0.604. The zero-order valence-corrected chi connectivity index (χ0v) is 9.57. The number of hydrogen-bond acceptors (Lipinski definition) is 3. The molecule has 7 heteroatoms. The van der Waals surface area contributed by atoms with Crippen molar-refractivity contribution in [3.8, 4) is 5.69 Å². The average molecular weight is 284 g/mol. The third-order valence-corrected chi connectivity index (χ3v) is 2.79. The molecule has 1 aromatic carbocycles. The van der Waals surface area contributed by atoms with Gasteiger partial charge in [0.15, 0.2) is 5.82 Å². The van der Waals surface area contributed by atoms with E-state index in [2.05, 4.69) is 26.0 Å². The molecule has 0 unspecified atom stereocenters. The fourth-order valence-corrected chi connectivity index (χ4v) is 1.81. The third kappa shape index (κ3) is 1.69. The molecular formula is C9H7BrFN5. The highest BCUT2D eigenvalue weighted by molar-refractivity contribution is 9.10. The van der Waals surface area contributed by atoms with E-state index in [-0.39, 0.29) is 16.0 Å².